The molecule has 2 aromatic carbocycles. The molecule has 2 N–H and O–H groups in total. The Bertz CT molecular complexity index is 905. The largest absolute Gasteiger partial charge is 0.486 e. The van der Waals surface area contributed by atoms with E-state index in [1.807, 2.05) is 36.4 Å². The quantitative estimate of drug-likeness (QED) is 0.756. The molecule has 2 heterocycles. The number of nitrogens with one attached hydrogen (secondary N) is 1. The fourth-order valence-electron chi connectivity index (χ4n) is 3.70. The van der Waals surface area contributed by atoms with Crippen LogP contribution >= 0.6 is 0 Å². The third-order valence-corrected chi connectivity index (χ3v) is 5.16. The van der Waals surface area contributed by atoms with Crippen LogP contribution in [-0.2, 0) is 11.3 Å². The molecular formula is C22H25N3O5. The minimum absolute atomic E-state index is 0.0613. The van der Waals surface area contributed by atoms with Crippen molar-refractivity contribution in [3.05, 3.63) is 54.1 Å². The number of amides is 3. The van der Waals surface area contributed by atoms with Crippen molar-refractivity contribution in [1.82, 2.24) is 10.2 Å². The van der Waals surface area contributed by atoms with Gasteiger partial charge in [-0.3, -0.25) is 4.79 Å². The first-order valence-electron chi connectivity index (χ1n) is 10.0. The average molecular weight is 411 g/mol. The highest BCUT2D eigenvalue weighted by atomic mass is 16.6. The maximum Gasteiger partial charge on any atom is 0.318 e. The van der Waals surface area contributed by atoms with Crippen molar-refractivity contribution in [1.29, 1.82) is 0 Å². The summed E-state index contributed by atoms with van der Waals surface area (Å²) < 4.78 is 11.1. The summed E-state index contributed by atoms with van der Waals surface area (Å²) in [6.07, 6.45) is 0.221. The molecule has 2 aliphatic rings. The highest BCUT2D eigenvalue weighted by molar-refractivity contribution is 5.97. The van der Waals surface area contributed by atoms with Crippen molar-refractivity contribution < 1.29 is 24.2 Å². The second-order valence-corrected chi connectivity index (χ2v) is 7.31. The number of aliphatic hydroxyl groups excluding tert-OH is 1. The molecule has 1 saturated heterocycles. The fraction of sp³-hybridized carbons (Fsp3) is 0.364. The van der Waals surface area contributed by atoms with E-state index in [0.29, 0.717) is 37.8 Å². The minimum Gasteiger partial charge on any atom is -0.486 e. The fourth-order valence-corrected chi connectivity index (χ4v) is 3.70. The molecule has 8 nitrogen and oxygen atoms in total. The zero-order valence-corrected chi connectivity index (χ0v) is 16.6. The molecule has 8 heteroatoms. The molecule has 0 spiro atoms. The number of hydrogen-bond acceptors (Lipinski definition) is 5. The summed E-state index contributed by atoms with van der Waals surface area (Å²) in [4.78, 5) is 28.5. The molecule has 1 atom stereocenters. The predicted octanol–water partition coefficient (Wildman–Crippen LogP) is 1.77. The van der Waals surface area contributed by atoms with Crippen molar-refractivity contribution in [3.8, 4) is 11.5 Å². The summed E-state index contributed by atoms with van der Waals surface area (Å²) in [6, 6.07) is 14.4. The molecule has 1 unspecified atom stereocenters. The van der Waals surface area contributed by atoms with Crippen LogP contribution < -0.4 is 19.7 Å². The number of hydrogen-bond donors (Lipinski definition) is 2. The van der Waals surface area contributed by atoms with E-state index in [1.54, 1.807) is 21.9 Å². The van der Waals surface area contributed by atoms with E-state index in [0.717, 1.165) is 11.3 Å². The summed E-state index contributed by atoms with van der Waals surface area (Å²) in [5.41, 5.74) is 1.69. The van der Waals surface area contributed by atoms with Gasteiger partial charge in [-0.15, -0.1) is 0 Å². The van der Waals surface area contributed by atoms with Crippen LogP contribution in [0.15, 0.2) is 48.5 Å². The van der Waals surface area contributed by atoms with Crippen LogP contribution in [0.25, 0.3) is 0 Å². The first kappa shape index (κ1) is 20.0. The Hall–Kier alpha value is -3.26. The van der Waals surface area contributed by atoms with Gasteiger partial charge in [0, 0.05) is 37.8 Å². The maximum atomic E-state index is 12.8. The zero-order valence-electron chi connectivity index (χ0n) is 16.6. The highest BCUT2D eigenvalue weighted by Crippen LogP contribution is 2.35. The normalized spacial score (nSPS) is 17.7. The lowest BCUT2D eigenvalue weighted by Crippen LogP contribution is -2.46. The Morgan fingerprint density at radius 2 is 1.90 bits per heavy atom. The van der Waals surface area contributed by atoms with E-state index in [2.05, 4.69) is 5.32 Å². The number of ether oxygens (including phenoxy) is 2. The van der Waals surface area contributed by atoms with Gasteiger partial charge in [-0.2, -0.15) is 0 Å². The third-order valence-electron chi connectivity index (χ3n) is 5.16. The molecule has 0 saturated carbocycles. The Balaban J connectivity index is 1.40. The third kappa shape index (κ3) is 4.49. The lowest BCUT2D eigenvalue weighted by atomic mass is 10.2. The Morgan fingerprint density at radius 1 is 1.13 bits per heavy atom. The van der Waals surface area contributed by atoms with Gasteiger partial charge in [0.05, 0.1) is 12.6 Å². The van der Waals surface area contributed by atoms with Crippen LogP contribution in [0.1, 0.15) is 12.0 Å². The smallest absolute Gasteiger partial charge is 0.318 e. The Labute approximate surface area is 175 Å². The van der Waals surface area contributed by atoms with Crippen molar-refractivity contribution in [3.63, 3.8) is 0 Å². The minimum atomic E-state index is -0.310. The van der Waals surface area contributed by atoms with Gasteiger partial charge in [-0.1, -0.05) is 30.3 Å². The Kier molecular flexibility index (Phi) is 6.04. The van der Waals surface area contributed by atoms with Crippen molar-refractivity contribution in [2.24, 2.45) is 0 Å². The molecule has 158 valence electrons. The average Bonchev–Trinajstić information content (AvgIpc) is 3.13. The van der Waals surface area contributed by atoms with Crippen molar-refractivity contribution >= 4 is 17.6 Å². The molecule has 2 aliphatic heterocycles. The summed E-state index contributed by atoms with van der Waals surface area (Å²) in [5.74, 6) is 1.23. The molecule has 0 aromatic heterocycles. The molecule has 0 aliphatic carbocycles. The molecule has 1 fully saturated rings. The monoisotopic (exact) mass is 411 g/mol. The SMILES string of the molecule is O=C(NC1CC(=O)N(c2ccc3c(c2)OCCO3)C1)N(CCO)Cc1ccccc1. The lowest BCUT2D eigenvalue weighted by Gasteiger charge is -2.25. The number of aliphatic hydroxyl groups is 1. The standard InChI is InChI=1S/C22H25N3O5/c26-9-8-24(14-16-4-2-1-3-5-16)22(28)23-17-12-21(27)25(15-17)18-6-7-19-20(13-18)30-11-10-29-19/h1-7,13,17,26H,8-12,14-15H2,(H,23,28). The number of benzene rings is 2. The number of rotatable bonds is 6. The van der Waals surface area contributed by atoms with E-state index in [4.69, 9.17) is 9.47 Å². The van der Waals surface area contributed by atoms with E-state index in [-0.39, 0.29) is 37.6 Å². The van der Waals surface area contributed by atoms with Crippen LogP contribution in [-0.4, -0.2) is 60.9 Å². The number of nitrogens with zero attached hydrogens (tertiary/aromatic N) is 2. The van der Waals surface area contributed by atoms with Gasteiger partial charge in [0.1, 0.15) is 13.2 Å². The van der Waals surface area contributed by atoms with Gasteiger partial charge in [0.2, 0.25) is 5.91 Å². The van der Waals surface area contributed by atoms with Crippen LogP contribution in [0.3, 0.4) is 0 Å². The first-order chi connectivity index (χ1) is 14.6. The predicted molar refractivity (Wildman–Crippen MR) is 111 cm³/mol. The number of urea groups is 1. The highest BCUT2D eigenvalue weighted by Gasteiger charge is 2.33. The zero-order chi connectivity index (χ0) is 20.9. The van der Waals surface area contributed by atoms with Crippen LogP contribution in [0.5, 0.6) is 11.5 Å². The molecule has 30 heavy (non-hydrogen) atoms. The van der Waals surface area contributed by atoms with Gasteiger partial charge >= 0.3 is 6.03 Å². The van der Waals surface area contributed by atoms with Crippen molar-refractivity contribution in [2.75, 3.05) is 37.8 Å². The van der Waals surface area contributed by atoms with Gasteiger partial charge in [-0.25, -0.2) is 4.79 Å². The molecule has 3 amide bonds. The van der Waals surface area contributed by atoms with E-state index >= 15 is 0 Å². The van der Waals surface area contributed by atoms with E-state index < -0.39 is 0 Å². The second kappa shape index (κ2) is 9.04. The molecule has 4 rings (SSSR count). The van der Waals surface area contributed by atoms with Gasteiger partial charge < -0.3 is 29.7 Å². The van der Waals surface area contributed by atoms with Gasteiger partial charge in [0.25, 0.3) is 0 Å². The molecule has 2 aromatic rings. The summed E-state index contributed by atoms with van der Waals surface area (Å²) in [7, 11) is 0. The van der Waals surface area contributed by atoms with Gasteiger partial charge in [0.15, 0.2) is 11.5 Å². The maximum absolute atomic E-state index is 12.8. The van der Waals surface area contributed by atoms with E-state index in [9.17, 15) is 14.7 Å². The van der Waals surface area contributed by atoms with Crippen LogP contribution in [0, 0.1) is 0 Å². The molecular weight excluding hydrogens is 386 g/mol. The second-order valence-electron chi connectivity index (χ2n) is 7.31. The van der Waals surface area contributed by atoms with E-state index in [1.165, 1.54) is 0 Å². The summed E-state index contributed by atoms with van der Waals surface area (Å²) in [5, 5.41) is 12.3. The summed E-state index contributed by atoms with van der Waals surface area (Å²) in [6.45, 7) is 1.84. The number of anilines is 1. The first-order valence-corrected chi connectivity index (χ1v) is 10.0. The summed E-state index contributed by atoms with van der Waals surface area (Å²) >= 11 is 0. The van der Waals surface area contributed by atoms with Gasteiger partial charge in [-0.05, 0) is 17.7 Å². The topological polar surface area (TPSA) is 91.3 Å². The van der Waals surface area contributed by atoms with Crippen LogP contribution in [0.2, 0.25) is 0 Å². The van der Waals surface area contributed by atoms with Crippen molar-refractivity contribution in [2.45, 2.75) is 19.0 Å². The Morgan fingerprint density at radius 3 is 2.67 bits per heavy atom. The van der Waals surface area contributed by atoms with Crippen LogP contribution in [0.4, 0.5) is 10.5 Å². The number of carbonyl (C=O) groups excluding carboxylic acids is 2. The lowest BCUT2D eigenvalue weighted by molar-refractivity contribution is -0.117. The number of fused-ring (bicyclic) bond motifs is 1. The molecule has 0 radical (unpaired) electrons. The number of carbonyl (C=O) groups is 2. The molecule has 0 bridgehead atoms.